The molecule has 0 aliphatic carbocycles. The summed E-state index contributed by atoms with van der Waals surface area (Å²) >= 11 is 0. The first-order valence-corrected chi connectivity index (χ1v) is 5.67. The summed E-state index contributed by atoms with van der Waals surface area (Å²) in [5.74, 6) is 0.274. The second kappa shape index (κ2) is 6.08. The van der Waals surface area contributed by atoms with E-state index in [0.717, 1.165) is 32.5 Å². The highest BCUT2D eigenvalue weighted by molar-refractivity contribution is 5.77. The number of nitrogens with zero attached hydrogens (tertiary/aromatic N) is 1. The molecule has 4 nitrogen and oxygen atoms in total. The summed E-state index contributed by atoms with van der Waals surface area (Å²) in [5.41, 5.74) is 0. The Morgan fingerprint density at radius 2 is 2.40 bits per heavy atom. The molecule has 1 heterocycles. The first kappa shape index (κ1) is 12.5. The summed E-state index contributed by atoms with van der Waals surface area (Å²) < 4.78 is 5.64. The Hall–Kier alpha value is -0.610. The number of rotatable bonds is 5. The molecule has 0 spiro atoms. The van der Waals surface area contributed by atoms with Gasteiger partial charge in [-0.2, -0.15) is 0 Å². The first-order chi connectivity index (χ1) is 7.17. The Balaban J connectivity index is 2.22. The summed E-state index contributed by atoms with van der Waals surface area (Å²) in [6.45, 7) is 6.00. The van der Waals surface area contributed by atoms with E-state index in [4.69, 9.17) is 9.84 Å². The van der Waals surface area contributed by atoms with Crippen LogP contribution in [-0.4, -0.2) is 48.3 Å². The van der Waals surface area contributed by atoms with Crippen molar-refractivity contribution in [2.45, 2.75) is 32.8 Å². The van der Waals surface area contributed by atoms with Gasteiger partial charge in [-0.05, 0) is 19.8 Å². The second-order valence-corrected chi connectivity index (χ2v) is 4.20. The molecular weight excluding hydrogens is 194 g/mol. The molecule has 1 rings (SSSR count). The van der Waals surface area contributed by atoms with Crippen LogP contribution < -0.4 is 0 Å². The standard InChI is InChI=1S/C11H21NO3/c1-3-9(2)15-8-10-4-5-12(6-10)11(14)7-13/h9-10,13H,3-8H2,1-2H3. The van der Waals surface area contributed by atoms with Crippen molar-refractivity contribution in [2.75, 3.05) is 26.3 Å². The number of carbonyl (C=O) groups excluding carboxylic acids is 1. The third-order valence-electron chi connectivity index (χ3n) is 2.97. The van der Waals surface area contributed by atoms with E-state index in [0.29, 0.717) is 12.0 Å². The van der Waals surface area contributed by atoms with Gasteiger partial charge in [0.15, 0.2) is 0 Å². The van der Waals surface area contributed by atoms with Crippen LogP contribution in [0, 0.1) is 5.92 Å². The molecule has 15 heavy (non-hydrogen) atoms. The normalized spacial score (nSPS) is 23.1. The van der Waals surface area contributed by atoms with E-state index in [1.54, 1.807) is 4.90 Å². The molecule has 0 aromatic heterocycles. The largest absolute Gasteiger partial charge is 0.387 e. The van der Waals surface area contributed by atoms with E-state index in [1.165, 1.54) is 0 Å². The SMILES string of the molecule is CCC(C)OCC1CCN(C(=O)CO)C1. The van der Waals surface area contributed by atoms with Crippen molar-refractivity contribution in [1.82, 2.24) is 4.90 Å². The van der Waals surface area contributed by atoms with Crippen LogP contribution in [0.4, 0.5) is 0 Å². The number of aliphatic hydroxyl groups is 1. The van der Waals surface area contributed by atoms with Crippen molar-refractivity contribution in [3.63, 3.8) is 0 Å². The van der Waals surface area contributed by atoms with Crippen LogP contribution in [0.2, 0.25) is 0 Å². The van der Waals surface area contributed by atoms with Crippen molar-refractivity contribution in [3.05, 3.63) is 0 Å². The minimum atomic E-state index is -0.376. The molecule has 0 bridgehead atoms. The van der Waals surface area contributed by atoms with Crippen LogP contribution in [-0.2, 0) is 9.53 Å². The lowest BCUT2D eigenvalue weighted by atomic mass is 10.1. The van der Waals surface area contributed by atoms with Gasteiger partial charge in [0.25, 0.3) is 0 Å². The first-order valence-electron chi connectivity index (χ1n) is 5.67. The average Bonchev–Trinajstić information content (AvgIpc) is 2.73. The number of ether oxygens (including phenoxy) is 1. The monoisotopic (exact) mass is 215 g/mol. The zero-order chi connectivity index (χ0) is 11.3. The number of hydrogen-bond acceptors (Lipinski definition) is 3. The van der Waals surface area contributed by atoms with Crippen molar-refractivity contribution in [1.29, 1.82) is 0 Å². The van der Waals surface area contributed by atoms with E-state index in [-0.39, 0.29) is 12.5 Å². The Labute approximate surface area is 91.2 Å². The lowest BCUT2D eigenvalue weighted by Gasteiger charge is -2.16. The van der Waals surface area contributed by atoms with Gasteiger partial charge in [0.1, 0.15) is 6.61 Å². The lowest BCUT2D eigenvalue weighted by Crippen LogP contribution is -2.31. The van der Waals surface area contributed by atoms with Gasteiger partial charge in [-0.15, -0.1) is 0 Å². The molecular formula is C11H21NO3. The lowest BCUT2D eigenvalue weighted by molar-refractivity contribution is -0.133. The smallest absolute Gasteiger partial charge is 0.248 e. The molecule has 2 atom stereocenters. The second-order valence-electron chi connectivity index (χ2n) is 4.20. The van der Waals surface area contributed by atoms with Crippen molar-refractivity contribution in [3.8, 4) is 0 Å². The zero-order valence-corrected chi connectivity index (χ0v) is 9.61. The van der Waals surface area contributed by atoms with Crippen molar-refractivity contribution >= 4 is 5.91 Å². The van der Waals surface area contributed by atoms with Crippen LogP contribution in [0.15, 0.2) is 0 Å². The molecule has 1 amide bonds. The fourth-order valence-corrected chi connectivity index (χ4v) is 1.71. The van der Waals surface area contributed by atoms with Crippen LogP contribution in [0.3, 0.4) is 0 Å². The summed E-state index contributed by atoms with van der Waals surface area (Å²) in [6, 6.07) is 0. The molecule has 1 saturated heterocycles. The predicted molar refractivity (Wildman–Crippen MR) is 57.5 cm³/mol. The number of amides is 1. The summed E-state index contributed by atoms with van der Waals surface area (Å²) in [5, 5.41) is 8.72. The molecule has 88 valence electrons. The topological polar surface area (TPSA) is 49.8 Å². The number of hydrogen-bond donors (Lipinski definition) is 1. The third-order valence-corrected chi connectivity index (χ3v) is 2.97. The van der Waals surface area contributed by atoms with Gasteiger partial charge in [-0.3, -0.25) is 4.79 Å². The molecule has 4 heteroatoms. The fourth-order valence-electron chi connectivity index (χ4n) is 1.71. The highest BCUT2D eigenvalue weighted by Crippen LogP contribution is 2.17. The Morgan fingerprint density at radius 1 is 1.67 bits per heavy atom. The van der Waals surface area contributed by atoms with Crippen molar-refractivity contribution < 1.29 is 14.6 Å². The van der Waals surface area contributed by atoms with Gasteiger partial charge in [-0.1, -0.05) is 6.92 Å². The maximum absolute atomic E-state index is 11.2. The third kappa shape index (κ3) is 3.80. The Bertz CT molecular complexity index is 208. The van der Waals surface area contributed by atoms with Gasteiger partial charge >= 0.3 is 0 Å². The Kier molecular flexibility index (Phi) is 5.05. The van der Waals surface area contributed by atoms with Gasteiger partial charge in [-0.25, -0.2) is 0 Å². The fraction of sp³-hybridized carbons (Fsp3) is 0.909. The predicted octanol–water partition coefficient (Wildman–Crippen LogP) is 0.642. The molecule has 1 aliphatic heterocycles. The van der Waals surface area contributed by atoms with E-state index < -0.39 is 0 Å². The number of likely N-dealkylation sites (tertiary alicyclic amines) is 1. The summed E-state index contributed by atoms with van der Waals surface area (Å²) in [4.78, 5) is 12.9. The minimum Gasteiger partial charge on any atom is -0.387 e. The summed E-state index contributed by atoms with van der Waals surface area (Å²) in [7, 11) is 0. The van der Waals surface area contributed by atoms with Gasteiger partial charge in [0.2, 0.25) is 5.91 Å². The van der Waals surface area contributed by atoms with Gasteiger partial charge < -0.3 is 14.7 Å². The molecule has 1 N–H and O–H groups in total. The molecule has 1 aliphatic rings. The quantitative estimate of drug-likeness (QED) is 0.732. The maximum atomic E-state index is 11.2. The maximum Gasteiger partial charge on any atom is 0.248 e. The highest BCUT2D eigenvalue weighted by Gasteiger charge is 2.25. The molecule has 0 aromatic carbocycles. The highest BCUT2D eigenvalue weighted by atomic mass is 16.5. The van der Waals surface area contributed by atoms with Crippen molar-refractivity contribution in [2.24, 2.45) is 5.92 Å². The summed E-state index contributed by atoms with van der Waals surface area (Å²) in [6.07, 6.45) is 2.31. The Morgan fingerprint density at radius 3 is 3.00 bits per heavy atom. The minimum absolute atomic E-state index is 0.166. The van der Waals surface area contributed by atoms with Gasteiger partial charge in [0.05, 0.1) is 12.7 Å². The molecule has 0 saturated carbocycles. The molecule has 0 radical (unpaired) electrons. The van der Waals surface area contributed by atoms with E-state index in [2.05, 4.69) is 13.8 Å². The van der Waals surface area contributed by atoms with Crippen LogP contribution in [0.25, 0.3) is 0 Å². The molecule has 1 fully saturated rings. The van der Waals surface area contributed by atoms with Crippen LogP contribution >= 0.6 is 0 Å². The number of aliphatic hydroxyl groups excluding tert-OH is 1. The van der Waals surface area contributed by atoms with E-state index in [1.807, 2.05) is 0 Å². The number of carbonyl (C=O) groups is 1. The van der Waals surface area contributed by atoms with E-state index in [9.17, 15) is 4.79 Å². The zero-order valence-electron chi connectivity index (χ0n) is 9.61. The van der Waals surface area contributed by atoms with Gasteiger partial charge in [0, 0.05) is 19.0 Å². The average molecular weight is 215 g/mol. The van der Waals surface area contributed by atoms with Crippen LogP contribution in [0.5, 0.6) is 0 Å². The molecule has 0 aromatic rings. The molecule has 2 unspecified atom stereocenters. The van der Waals surface area contributed by atoms with E-state index >= 15 is 0 Å². The van der Waals surface area contributed by atoms with Crippen LogP contribution in [0.1, 0.15) is 26.7 Å².